The van der Waals surface area contributed by atoms with Crippen LogP contribution in [0.4, 0.5) is 0 Å². The van der Waals surface area contributed by atoms with Crippen molar-refractivity contribution in [2.75, 3.05) is 5.75 Å². The van der Waals surface area contributed by atoms with Gasteiger partial charge in [-0.2, -0.15) is 0 Å². The molecule has 0 aliphatic rings. The van der Waals surface area contributed by atoms with E-state index >= 15 is 0 Å². The Morgan fingerprint density at radius 3 is 2.76 bits per heavy atom. The summed E-state index contributed by atoms with van der Waals surface area (Å²) in [4.78, 5) is 10.8. The summed E-state index contributed by atoms with van der Waals surface area (Å²) in [6, 6.07) is 7.12. The lowest BCUT2D eigenvalue weighted by Gasteiger charge is -2.17. The Kier molecular flexibility index (Phi) is 5.64. The lowest BCUT2D eigenvalue weighted by molar-refractivity contribution is -0.109. The molecule has 2 unspecified atom stereocenters. The molecule has 1 rings (SSSR count). The van der Waals surface area contributed by atoms with Gasteiger partial charge in [0, 0.05) is 19.2 Å². The molecule has 0 amide bonds. The normalized spacial score (nSPS) is 14.4. The van der Waals surface area contributed by atoms with Crippen LogP contribution in [0.3, 0.4) is 0 Å². The van der Waals surface area contributed by atoms with E-state index < -0.39 is 12.2 Å². The standard InChI is InChI=1S/C12H17NO3S/c1-8(14)17-7-11(15)12(16)10-4-2-3-9(5-10)6-13/h2-5,11-12,15-16H,6-7,13H2,1H3. The second-order valence-electron chi connectivity index (χ2n) is 3.76. The fourth-order valence-corrected chi connectivity index (χ4v) is 2.01. The molecule has 1 aromatic rings. The Morgan fingerprint density at radius 2 is 2.18 bits per heavy atom. The Balaban J connectivity index is 2.66. The van der Waals surface area contributed by atoms with E-state index in [9.17, 15) is 15.0 Å². The highest BCUT2D eigenvalue weighted by atomic mass is 32.2. The third kappa shape index (κ3) is 4.47. The monoisotopic (exact) mass is 255 g/mol. The predicted octanol–water partition coefficient (Wildman–Crippen LogP) is 0.819. The van der Waals surface area contributed by atoms with Crippen molar-refractivity contribution in [1.82, 2.24) is 0 Å². The van der Waals surface area contributed by atoms with Crippen molar-refractivity contribution in [1.29, 1.82) is 0 Å². The molecule has 0 aromatic heterocycles. The summed E-state index contributed by atoms with van der Waals surface area (Å²) < 4.78 is 0. The average Bonchev–Trinajstić information content (AvgIpc) is 2.35. The maximum absolute atomic E-state index is 10.8. The van der Waals surface area contributed by atoms with Crippen molar-refractivity contribution in [3.05, 3.63) is 35.4 Å². The number of carbonyl (C=O) groups is 1. The van der Waals surface area contributed by atoms with E-state index in [0.717, 1.165) is 17.3 Å². The number of hydrogen-bond acceptors (Lipinski definition) is 5. The lowest BCUT2D eigenvalue weighted by Crippen LogP contribution is -2.21. The summed E-state index contributed by atoms with van der Waals surface area (Å²) >= 11 is 0.999. The van der Waals surface area contributed by atoms with Crippen molar-refractivity contribution in [2.45, 2.75) is 25.7 Å². The van der Waals surface area contributed by atoms with Gasteiger partial charge in [0.1, 0.15) is 6.10 Å². The second-order valence-corrected chi connectivity index (χ2v) is 4.96. The molecule has 0 bridgehead atoms. The van der Waals surface area contributed by atoms with Gasteiger partial charge in [-0.25, -0.2) is 0 Å². The first-order chi connectivity index (χ1) is 8.04. The third-order valence-electron chi connectivity index (χ3n) is 2.35. The van der Waals surface area contributed by atoms with Gasteiger partial charge in [-0.05, 0) is 11.1 Å². The van der Waals surface area contributed by atoms with Crippen LogP contribution in [0.25, 0.3) is 0 Å². The molecule has 4 nitrogen and oxygen atoms in total. The quantitative estimate of drug-likeness (QED) is 0.725. The fourth-order valence-electron chi connectivity index (χ4n) is 1.42. The Hall–Kier alpha value is -0.880. The molecule has 0 saturated carbocycles. The van der Waals surface area contributed by atoms with E-state index in [1.165, 1.54) is 6.92 Å². The Bertz CT molecular complexity index is 384. The van der Waals surface area contributed by atoms with Crippen molar-refractivity contribution < 1.29 is 15.0 Å². The second kappa shape index (κ2) is 6.76. The van der Waals surface area contributed by atoms with Crippen LogP contribution in [-0.2, 0) is 11.3 Å². The first-order valence-electron chi connectivity index (χ1n) is 5.33. The molecule has 0 heterocycles. The van der Waals surface area contributed by atoms with Crippen LogP contribution in [0.15, 0.2) is 24.3 Å². The van der Waals surface area contributed by atoms with Crippen molar-refractivity contribution in [3.63, 3.8) is 0 Å². The van der Waals surface area contributed by atoms with E-state index in [2.05, 4.69) is 0 Å². The molecule has 94 valence electrons. The number of nitrogens with two attached hydrogens (primary N) is 1. The molecule has 2 atom stereocenters. The minimum absolute atomic E-state index is 0.0769. The van der Waals surface area contributed by atoms with E-state index in [1.54, 1.807) is 18.2 Å². The van der Waals surface area contributed by atoms with E-state index in [-0.39, 0.29) is 10.9 Å². The largest absolute Gasteiger partial charge is 0.389 e. The maximum atomic E-state index is 10.8. The topological polar surface area (TPSA) is 83.5 Å². The molecular formula is C12H17NO3S. The molecular weight excluding hydrogens is 238 g/mol. The van der Waals surface area contributed by atoms with Crippen LogP contribution < -0.4 is 5.73 Å². The number of carbonyl (C=O) groups excluding carboxylic acids is 1. The van der Waals surface area contributed by atoms with Crippen molar-refractivity contribution in [3.8, 4) is 0 Å². The number of thioether (sulfide) groups is 1. The Morgan fingerprint density at radius 1 is 1.47 bits per heavy atom. The van der Waals surface area contributed by atoms with Crippen molar-refractivity contribution in [2.24, 2.45) is 5.73 Å². The highest BCUT2D eigenvalue weighted by molar-refractivity contribution is 8.13. The Labute approximate surface area is 105 Å². The molecule has 0 aliphatic heterocycles. The van der Waals surface area contributed by atoms with Gasteiger partial charge >= 0.3 is 0 Å². The van der Waals surface area contributed by atoms with Crippen LogP contribution in [-0.4, -0.2) is 27.2 Å². The van der Waals surface area contributed by atoms with Gasteiger partial charge in [0.25, 0.3) is 0 Å². The summed E-state index contributed by atoms with van der Waals surface area (Å²) in [7, 11) is 0. The maximum Gasteiger partial charge on any atom is 0.185 e. The minimum atomic E-state index is -0.992. The number of aliphatic hydroxyl groups excluding tert-OH is 2. The van der Waals surface area contributed by atoms with E-state index in [1.807, 2.05) is 6.07 Å². The predicted molar refractivity (Wildman–Crippen MR) is 68.4 cm³/mol. The number of benzene rings is 1. The van der Waals surface area contributed by atoms with Crippen LogP contribution in [0.2, 0.25) is 0 Å². The zero-order valence-electron chi connectivity index (χ0n) is 9.67. The zero-order valence-corrected chi connectivity index (χ0v) is 10.5. The molecule has 5 heteroatoms. The highest BCUT2D eigenvalue weighted by Gasteiger charge is 2.19. The lowest BCUT2D eigenvalue weighted by atomic mass is 10.0. The van der Waals surface area contributed by atoms with E-state index in [4.69, 9.17) is 5.73 Å². The van der Waals surface area contributed by atoms with Crippen LogP contribution >= 0.6 is 11.8 Å². The summed E-state index contributed by atoms with van der Waals surface area (Å²) in [5.41, 5.74) is 7.01. The molecule has 0 saturated heterocycles. The van der Waals surface area contributed by atoms with Gasteiger partial charge < -0.3 is 15.9 Å². The summed E-state index contributed by atoms with van der Waals surface area (Å²) in [6.07, 6.45) is -1.95. The average molecular weight is 255 g/mol. The SMILES string of the molecule is CC(=O)SCC(O)C(O)c1cccc(CN)c1. The molecule has 0 spiro atoms. The van der Waals surface area contributed by atoms with Gasteiger partial charge in [-0.3, -0.25) is 4.79 Å². The molecule has 0 aliphatic carbocycles. The summed E-state index contributed by atoms with van der Waals surface area (Å²) in [6.45, 7) is 1.82. The highest BCUT2D eigenvalue weighted by Crippen LogP contribution is 2.20. The number of rotatable bonds is 5. The van der Waals surface area contributed by atoms with Gasteiger partial charge in [0.2, 0.25) is 0 Å². The first-order valence-corrected chi connectivity index (χ1v) is 6.31. The van der Waals surface area contributed by atoms with Gasteiger partial charge in [0.05, 0.1) is 6.10 Å². The van der Waals surface area contributed by atoms with Gasteiger partial charge in [-0.1, -0.05) is 36.0 Å². The first kappa shape index (κ1) is 14.2. The summed E-state index contributed by atoms with van der Waals surface area (Å²) in [5.74, 6) is 0.184. The number of aliphatic hydroxyl groups is 2. The summed E-state index contributed by atoms with van der Waals surface area (Å²) in [5, 5.41) is 19.6. The molecule has 4 N–H and O–H groups in total. The molecule has 1 aromatic carbocycles. The zero-order chi connectivity index (χ0) is 12.8. The van der Waals surface area contributed by atoms with Crippen LogP contribution in [0.5, 0.6) is 0 Å². The van der Waals surface area contributed by atoms with Crippen molar-refractivity contribution >= 4 is 16.9 Å². The smallest absolute Gasteiger partial charge is 0.185 e. The van der Waals surface area contributed by atoms with Crippen LogP contribution in [0, 0.1) is 0 Å². The number of hydrogen-bond donors (Lipinski definition) is 3. The van der Waals surface area contributed by atoms with Gasteiger partial charge in [0.15, 0.2) is 5.12 Å². The van der Waals surface area contributed by atoms with Crippen LogP contribution in [0.1, 0.15) is 24.2 Å². The third-order valence-corrected chi connectivity index (χ3v) is 3.26. The molecule has 0 fully saturated rings. The van der Waals surface area contributed by atoms with Gasteiger partial charge in [-0.15, -0.1) is 0 Å². The molecule has 17 heavy (non-hydrogen) atoms. The van der Waals surface area contributed by atoms with E-state index in [0.29, 0.717) is 12.1 Å². The minimum Gasteiger partial charge on any atom is -0.389 e. The molecule has 0 radical (unpaired) electrons. The fraction of sp³-hybridized carbons (Fsp3) is 0.417.